The molecule has 1 unspecified atom stereocenters. The Hall–Kier alpha value is -2.65. The molecule has 0 radical (unpaired) electrons. The molecule has 0 spiro atoms. The van der Waals surface area contributed by atoms with E-state index in [2.05, 4.69) is 10.6 Å². The zero-order valence-corrected chi connectivity index (χ0v) is 18.1. The largest absolute Gasteiger partial charge is 0.371 e. The summed E-state index contributed by atoms with van der Waals surface area (Å²) in [6.45, 7) is 1.44. The van der Waals surface area contributed by atoms with Gasteiger partial charge in [-0.2, -0.15) is 0 Å². The molecule has 0 aliphatic carbocycles. The number of hydrogen-bond acceptors (Lipinski definition) is 5. The molecule has 1 saturated heterocycles. The molecule has 31 heavy (non-hydrogen) atoms. The number of carbonyl (C=O) groups is 2. The third-order valence-electron chi connectivity index (χ3n) is 5.38. The molecule has 2 aromatic rings. The minimum atomic E-state index is -3.73. The van der Waals surface area contributed by atoms with E-state index in [0.29, 0.717) is 16.9 Å². The summed E-state index contributed by atoms with van der Waals surface area (Å²) in [5.74, 6) is -2.02. The number of carbonyl (C=O) groups excluding carboxylic acids is 2. The number of sulfone groups is 1. The molecule has 1 fully saturated rings. The van der Waals surface area contributed by atoms with Crippen LogP contribution in [0.25, 0.3) is 0 Å². The molecule has 0 bridgehead atoms. The summed E-state index contributed by atoms with van der Waals surface area (Å²) >= 11 is 5.93. The second-order valence-electron chi connectivity index (χ2n) is 7.74. The highest BCUT2D eigenvalue weighted by Gasteiger charge is 2.31. The standard InChI is InChI=1S/C21H21ClFN3O4S/c22-16-10-15(23)5-3-14(16)11-31(29,30)12-19-20(27)25-18-9-13(4-6-17(18)24-19)21(28)26-7-1-2-8-26/h3-6,9-10,19,24H,1-2,7-8,11-12H2,(H,25,27). The van der Waals surface area contributed by atoms with Crippen LogP contribution in [0, 0.1) is 5.82 Å². The predicted octanol–water partition coefficient (Wildman–Crippen LogP) is 3.06. The van der Waals surface area contributed by atoms with Crippen LogP contribution < -0.4 is 10.6 Å². The normalized spacial score (nSPS) is 18.3. The summed E-state index contributed by atoms with van der Waals surface area (Å²) in [7, 11) is -3.73. The van der Waals surface area contributed by atoms with Gasteiger partial charge in [-0.15, -0.1) is 0 Å². The third kappa shape index (κ3) is 4.83. The SMILES string of the molecule is O=C1Nc2cc(C(=O)N3CCCC3)ccc2NC1CS(=O)(=O)Cc1ccc(F)cc1Cl. The molecule has 7 nitrogen and oxygen atoms in total. The lowest BCUT2D eigenvalue weighted by Gasteiger charge is -2.27. The van der Waals surface area contributed by atoms with Crippen molar-refractivity contribution >= 4 is 44.6 Å². The van der Waals surface area contributed by atoms with Crippen molar-refractivity contribution in [2.45, 2.75) is 24.6 Å². The number of amides is 2. The maximum atomic E-state index is 13.2. The van der Waals surface area contributed by atoms with Gasteiger partial charge < -0.3 is 15.5 Å². The van der Waals surface area contributed by atoms with Crippen LogP contribution in [-0.2, 0) is 20.4 Å². The van der Waals surface area contributed by atoms with Crippen molar-refractivity contribution in [3.8, 4) is 0 Å². The smallest absolute Gasteiger partial charge is 0.253 e. The van der Waals surface area contributed by atoms with Crippen LogP contribution in [0.1, 0.15) is 28.8 Å². The Bertz CT molecular complexity index is 1150. The molecule has 2 N–H and O–H groups in total. The first kappa shape index (κ1) is 21.6. The quantitative estimate of drug-likeness (QED) is 0.707. The molecule has 1 atom stereocenters. The first-order valence-corrected chi connectivity index (χ1v) is 12.1. The lowest BCUT2D eigenvalue weighted by atomic mass is 10.1. The van der Waals surface area contributed by atoms with Crippen LogP contribution in [0.5, 0.6) is 0 Å². The number of nitrogens with one attached hydrogen (secondary N) is 2. The minimum Gasteiger partial charge on any atom is -0.371 e. The van der Waals surface area contributed by atoms with Crippen LogP contribution in [0.3, 0.4) is 0 Å². The average molecular weight is 466 g/mol. The first-order valence-electron chi connectivity index (χ1n) is 9.87. The zero-order chi connectivity index (χ0) is 22.2. The molecule has 2 aromatic carbocycles. The van der Waals surface area contributed by atoms with Crippen molar-refractivity contribution in [3.05, 3.63) is 58.4 Å². The van der Waals surface area contributed by atoms with Crippen molar-refractivity contribution in [2.24, 2.45) is 0 Å². The van der Waals surface area contributed by atoms with Crippen molar-refractivity contribution in [1.29, 1.82) is 0 Å². The van der Waals surface area contributed by atoms with Crippen molar-refractivity contribution in [3.63, 3.8) is 0 Å². The van der Waals surface area contributed by atoms with E-state index in [1.54, 1.807) is 23.1 Å². The molecule has 2 aliphatic heterocycles. The Morgan fingerprint density at radius 3 is 2.58 bits per heavy atom. The lowest BCUT2D eigenvalue weighted by Crippen LogP contribution is -2.43. The van der Waals surface area contributed by atoms with Crippen molar-refractivity contribution in [2.75, 3.05) is 29.5 Å². The Balaban J connectivity index is 1.47. The van der Waals surface area contributed by atoms with Crippen LogP contribution in [0.15, 0.2) is 36.4 Å². The molecule has 0 aromatic heterocycles. The summed E-state index contributed by atoms with van der Waals surface area (Å²) in [6.07, 6.45) is 1.96. The van der Waals surface area contributed by atoms with Gasteiger partial charge in [-0.3, -0.25) is 9.59 Å². The molecule has 2 aliphatic rings. The van der Waals surface area contributed by atoms with E-state index in [1.807, 2.05) is 0 Å². The van der Waals surface area contributed by atoms with Crippen molar-refractivity contribution < 1.29 is 22.4 Å². The Morgan fingerprint density at radius 1 is 1.13 bits per heavy atom. The summed E-state index contributed by atoms with van der Waals surface area (Å²) < 4.78 is 38.5. The highest BCUT2D eigenvalue weighted by Crippen LogP contribution is 2.30. The van der Waals surface area contributed by atoms with E-state index in [4.69, 9.17) is 11.6 Å². The number of likely N-dealkylation sites (tertiary alicyclic amines) is 1. The highest BCUT2D eigenvalue weighted by atomic mass is 35.5. The fourth-order valence-corrected chi connectivity index (χ4v) is 5.69. The second kappa shape index (κ2) is 8.47. The lowest BCUT2D eigenvalue weighted by molar-refractivity contribution is -0.116. The molecule has 4 rings (SSSR count). The zero-order valence-electron chi connectivity index (χ0n) is 16.5. The van der Waals surface area contributed by atoms with Gasteiger partial charge in [0.05, 0.1) is 22.9 Å². The Kier molecular flexibility index (Phi) is 5.90. The monoisotopic (exact) mass is 465 g/mol. The summed E-state index contributed by atoms with van der Waals surface area (Å²) in [5, 5.41) is 5.65. The summed E-state index contributed by atoms with van der Waals surface area (Å²) in [4.78, 5) is 26.9. The number of halogens is 2. The van der Waals surface area contributed by atoms with E-state index in [9.17, 15) is 22.4 Å². The number of hydrogen-bond donors (Lipinski definition) is 2. The van der Waals surface area contributed by atoms with Crippen LogP contribution in [0.2, 0.25) is 5.02 Å². The fraction of sp³-hybridized carbons (Fsp3) is 0.333. The highest BCUT2D eigenvalue weighted by molar-refractivity contribution is 7.90. The Morgan fingerprint density at radius 2 is 1.87 bits per heavy atom. The fourth-order valence-electron chi connectivity index (χ4n) is 3.79. The summed E-state index contributed by atoms with van der Waals surface area (Å²) in [5.41, 5.74) is 1.72. The van der Waals surface area contributed by atoms with Gasteiger partial charge in [0.2, 0.25) is 5.91 Å². The molecular weight excluding hydrogens is 445 g/mol. The molecule has 2 amide bonds. The number of nitrogens with zero attached hydrogens (tertiary/aromatic N) is 1. The second-order valence-corrected chi connectivity index (χ2v) is 10.3. The van der Waals surface area contributed by atoms with Gasteiger partial charge in [0.1, 0.15) is 11.9 Å². The van der Waals surface area contributed by atoms with Gasteiger partial charge in [-0.1, -0.05) is 17.7 Å². The average Bonchev–Trinajstić information content (AvgIpc) is 3.24. The number of anilines is 2. The minimum absolute atomic E-state index is 0.0187. The van der Waals surface area contributed by atoms with Crippen LogP contribution in [0.4, 0.5) is 15.8 Å². The molecule has 10 heteroatoms. The van der Waals surface area contributed by atoms with E-state index in [0.717, 1.165) is 38.1 Å². The molecular formula is C21H21ClFN3O4S. The number of rotatable bonds is 5. The first-order chi connectivity index (χ1) is 14.7. The van der Waals surface area contributed by atoms with Crippen molar-refractivity contribution in [1.82, 2.24) is 4.90 Å². The summed E-state index contributed by atoms with van der Waals surface area (Å²) in [6, 6.07) is 7.43. The van der Waals surface area contributed by atoms with Gasteiger partial charge in [-0.25, -0.2) is 12.8 Å². The molecule has 0 saturated carbocycles. The number of benzene rings is 2. The van der Waals surface area contributed by atoms with Gasteiger partial charge in [-0.05, 0) is 48.7 Å². The van der Waals surface area contributed by atoms with Gasteiger partial charge >= 0.3 is 0 Å². The molecule has 2 heterocycles. The van der Waals surface area contributed by atoms with Crippen LogP contribution in [-0.4, -0.2) is 50.0 Å². The topological polar surface area (TPSA) is 95.6 Å². The van der Waals surface area contributed by atoms with Crippen LogP contribution >= 0.6 is 11.6 Å². The molecule has 164 valence electrons. The van der Waals surface area contributed by atoms with E-state index in [-0.39, 0.29) is 16.5 Å². The van der Waals surface area contributed by atoms with E-state index in [1.165, 1.54) is 6.07 Å². The van der Waals surface area contributed by atoms with E-state index < -0.39 is 39.1 Å². The third-order valence-corrected chi connectivity index (χ3v) is 7.32. The van der Waals surface area contributed by atoms with E-state index >= 15 is 0 Å². The van der Waals surface area contributed by atoms with Gasteiger partial charge in [0.25, 0.3) is 5.91 Å². The maximum absolute atomic E-state index is 13.2. The van der Waals surface area contributed by atoms with Gasteiger partial charge in [0.15, 0.2) is 9.84 Å². The maximum Gasteiger partial charge on any atom is 0.253 e. The Labute approximate surface area is 184 Å². The van der Waals surface area contributed by atoms with Gasteiger partial charge in [0, 0.05) is 23.7 Å². The predicted molar refractivity (Wildman–Crippen MR) is 117 cm³/mol. The number of fused-ring (bicyclic) bond motifs is 1.